The normalized spacial score (nSPS) is 16.8. The van der Waals surface area contributed by atoms with Gasteiger partial charge in [0, 0.05) is 51.2 Å². The highest BCUT2D eigenvalue weighted by Crippen LogP contribution is 2.24. The Morgan fingerprint density at radius 2 is 2.00 bits per heavy atom. The molecule has 0 bridgehead atoms. The summed E-state index contributed by atoms with van der Waals surface area (Å²) in [6, 6.07) is 16.5. The van der Waals surface area contributed by atoms with E-state index in [9.17, 15) is 4.79 Å². The van der Waals surface area contributed by atoms with E-state index in [4.69, 9.17) is 0 Å². The van der Waals surface area contributed by atoms with Gasteiger partial charge in [0.05, 0.1) is 5.69 Å². The van der Waals surface area contributed by atoms with E-state index in [2.05, 4.69) is 34.1 Å². The molecule has 1 fully saturated rings. The zero-order chi connectivity index (χ0) is 18.6. The highest BCUT2D eigenvalue weighted by Gasteiger charge is 2.25. The zero-order valence-electron chi connectivity index (χ0n) is 15.8. The Hall–Kier alpha value is -2.82. The summed E-state index contributed by atoms with van der Waals surface area (Å²) in [5, 5.41) is 0. The van der Waals surface area contributed by atoms with Crippen LogP contribution in [0.2, 0.25) is 0 Å². The van der Waals surface area contributed by atoms with Gasteiger partial charge in [-0.1, -0.05) is 24.3 Å². The van der Waals surface area contributed by atoms with Crippen molar-refractivity contribution < 1.29 is 4.79 Å². The van der Waals surface area contributed by atoms with Crippen LogP contribution in [-0.2, 0) is 11.2 Å². The van der Waals surface area contributed by atoms with Crippen LogP contribution in [0.1, 0.15) is 18.5 Å². The van der Waals surface area contributed by atoms with E-state index in [1.807, 2.05) is 53.0 Å². The van der Waals surface area contributed by atoms with Crippen molar-refractivity contribution in [3.05, 3.63) is 66.6 Å². The van der Waals surface area contributed by atoms with E-state index in [1.165, 1.54) is 5.69 Å². The average molecular weight is 362 g/mol. The summed E-state index contributed by atoms with van der Waals surface area (Å²) in [4.78, 5) is 21.4. The Kier molecular flexibility index (Phi) is 5.10. The lowest BCUT2D eigenvalue weighted by Crippen LogP contribution is -2.33. The fraction of sp³-hybridized carbons (Fsp3) is 0.364. The third-order valence-electron chi connectivity index (χ3n) is 5.37. The molecule has 2 aromatic heterocycles. The quantitative estimate of drug-likeness (QED) is 0.676. The number of hydrogen-bond donors (Lipinski definition) is 0. The van der Waals surface area contributed by atoms with Crippen LogP contribution < -0.4 is 4.90 Å². The Morgan fingerprint density at radius 3 is 2.81 bits per heavy atom. The first-order valence-corrected chi connectivity index (χ1v) is 9.65. The van der Waals surface area contributed by atoms with E-state index in [-0.39, 0.29) is 5.91 Å². The minimum absolute atomic E-state index is 0.199. The number of hydrogen-bond acceptors (Lipinski definition) is 3. The van der Waals surface area contributed by atoms with Crippen LogP contribution in [0.15, 0.2) is 60.9 Å². The number of amides is 1. The lowest BCUT2D eigenvalue weighted by atomic mass is 10.1. The molecule has 0 saturated carbocycles. The highest BCUT2D eigenvalue weighted by molar-refractivity contribution is 5.76. The fourth-order valence-electron chi connectivity index (χ4n) is 3.88. The molecule has 1 amide bonds. The van der Waals surface area contributed by atoms with Crippen molar-refractivity contribution in [2.45, 2.75) is 19.3 Å². The minimum Gasteiger partial charge on any atom is -0.371 e. The average Bonchev–Trinajstić information content (AvgIpc) is 3.33. The predicted octanol–water partition coefficient (Wildman–Crippen LogP) is 3.25. The lowest BCUT2D eigenvalue weighted by Gasteiger charge is -2.22. The van der Waals surface area contributed by atoms with Gasteiger partial charge < -0.3 is 14.2 Å². The third kappa shape index (κ3) is 4.13. The summed E-state index contributed by atoms with van der Waals surface area (Å²) in [7, 11) is 1.93. The van der Waals surface area contributed by atoms with Gasteiger partial charge in [0.2, 0.25) is 5.91 Å². The number of benzene rings is 1. The largest absolute Gasteiger partial charge is 0.371 e. The van der Waals surface area contributed by atoms with Crippen LogP contribution >= 0.6 is 0 Å². The SMILES string of the molecule is CN(CC1CCN(c2ccccc2)C1)C(=O)CCc1cn2ccccc2n1. The molecule has 1 unspecified atom stereocenters. The van der Waals surface area contributed by atoms with Crippen molar-refractivity contribution in [2.75, 3.05) is 31.6 Å². The summed E-state index contributed by atoms with van der Waals surface area (Å²) in [6.07, 6.45) is 6.33. The van der Waals surface area contributed by atoms with Crippen molar-refractivity contribution in [1.29, 1.82) is 0 Å². The van der Waals surface area contributed by atoms with E-state index < -0.39 is 0 Å². The molecule has 3 heterocycles. The number of fused-ring (bicyclic) bond motifs is 1. The number of anilines is 1. The lowest BCUT2D eigenvalue weighted by molar-refractivity contribution is -0.130. The maximum absolute atomic E-state index is 12.5. The second-order valence-electron chi connectivity index (χ2n) is 7.41. The number of aromatic nitrogens is 2. The molecule has 5 nitrogen and oxygen atoms in total. The molecular weight excluding hydrogens is 336 g/mol. The summed E-state index contributed by atoms with van der Waals surface area (Å²) in [5.74, 6) is 0.736. The van der Waals surface area contributed by atoms with E-state index >= 15 is 0 Å². The van der Waals surface area contributed by atoms with Crippen molar-refractivity contribution in [3.63, 3.8) is 0 Å². The minimum atomic E-state index is 0.199. The van der Waals surface area contributed by atoms with Crippen LogP contribution in [0.4, 0.5) is 5.69 Å². The molecule has 4 rings (SSSR count). The molecule has 1 aliphatic heterocycles. The molecule has 0 aliphatic carbocycles. The van der Waals surface area contributed by atoms with Gasteiger partial charge in [-0.25, -0.2) is 4.98 Å². The summed E-state index contributed by atoms with van der Waals surface area (Å²) < 4.78 is 2.00. The number of pyridine rings is 1. The second kappa shape index (κ2) is 7.82. The first-order chi connectivity index (χ1) is 13.2. The maximum Gasteiger partial charge on any atom is 0.222 e. The topological polar surface area (TPSA) is 40.9 Å². The van der Waals surface area contributed by atoms with Gasteiger partial charge in [-0.15, -0.1) is 0 Å². The fourth-order valence-corrected chi connectivity index (χ4v) is 3.88. The first-order valence-electron chi connectivity index (χ1n) is 9.65. The molecule has 5 heteroatoms. The smallest absolute Gasteiger partial charge is 0.222 e. The van der Waals surface area contributed by atoms with E-state index in [0.29, 0.717) is 18.8 Å². The first kappa shape index (κ1) is 17.6. The Labute approximate surface area is 160 Å². The van der Waals surface area contributed by atoms with Crippen LogP contribution in [-0.4, -0.2) is 46.9 Å². The van der Waals surface area contributed by atoms with Gasteiger partial charge in [-0.05, 0) is 43.0 Å². The van der Waals surface area contributed by atoms with Gasteiger partial charge in [0.15, 0.2) is 0 Å². The molecule has 3 aromatic rings. The van der Waals surface area contributed by atoms with Gasteiger partial charge in [0.25, 0.3) is 0 Å². The number of carbonyl (C=O) groups is 1. The molecule has 0 spiro atoms. The van der Waals surface area contributed by atoms with Gasteiger partial charge in [-0.3, -0.25) is 4.79 Å². The predicted molar refractivity (Wildman–Crippen MR) is 108 cm³/mol. The molecule has 1 aliphatic rings. The Bertz CT molecular complexity index is 872. The summed E-state index contributed by atoms with van der Waals surface area (Å²) in [6.45, 7) is 2.92. The van der Waals surface area contributed by atoms with Crippen LogP contribution in [0, 0.1) is 5.92 Å². The number of aryl methyl sites for hydroxylation is 1. The van der Waals surface area contributed by atoms with Gasteiger partial charge in [0.1, 0.15) is 5.65 Å². The second-order valence-corrected chi connectivity index (χ2v) is 7.41. The van der Waals surface area contributed by atoms with Crippen molar-refractivity contribution in [2.24, 2.45) is 5.92 Å². The molecule has 1 saturated heterocycles. The molecule has 1 atom stereocenters. The highest BCUT2D eigenvalue weighted by atomic mass is 16.2. The van der Waals surface area contributed by atoms with E-state index in [1.54, 1.807) is 0 Å². The standard InChI is InChI=1S/C22H26N4O/c1-24(15-18-12-14-25(16-18)20-7-3-2-4-8-20)22(27)11-10-19-17-26-13-6-5-9-21(26)23-19/h2-9,13,17-18H,10-12,14-16H2,1H3. The summed E-state index contributed by atoms with van der Waals surface area (Å²) >= 11 is 0. The number of para-hydroxylation sites is 1. The Morgan fingerprint density at radius 1 is 1.19 bits per heavy atom. The maximum atomic E-state index is 12.5. The molecule has 1 aromatic carbocycles. The molecule has 0 N–H and O–H groups in total. The number of nitrogens with zero attached hydrogens (tertiary/aromatic N) is 4. The molecule has 0 radical (unpaired) electrons. The van der Waals surface area contributed by atoms with Crippen molar-refractivity contribution in [3.8, 4) is 0 Å². The van der Waals surface area contributed by atoms with Crippen LogP contribution in [0.5, 0.6) is 0 Å². The van der Waals surface area contributed by atoms with Crippen molar-refractivity contribution >= 4 is 17.2 Å². The van der Waals surface area contributed by atoms with Crippen molar-refractivity contribution in [1.82, 2.24) is 14.3 Å². The summed E-state index contributed by atoms with van der Waals surface area (Å²) in [5.41, 5.74) is 3.18. The van der Waals surface area contributed by atoms with Crippen LogP contribution in [0.3, 0.4) is 0 Å². The molecular formula is C22H26N4O. The number of imidazole rings is 1. The number of rotatable bonds is 6. The number of carbonyl (C=O) groups excluding carboxylic acids is 1. The molecule has 27 heavy (non-hydrogen) atoms. The monoisotopic (exact) mass is 362 g/mol. The molecule has 140 valence electrons. The third-order valence-corrected chi connectivity index (χ3v) is 5.37. The van der Waals surface area contributed by atoms with E-state index in [0.717, 1.165) is 37.4 Å². The zero-order valence-corrected chi connectivity index (χ0v) is 15.8. The Balaban J connectivity index is 1.27. The van der Waals surface area contributed by atoms with Gasteiger partial charge in [-0.2, -0.15) is 0 Å². The van der Waals surface area contributed by atoms with Gasteiger partial charge >= 0.3 is 0 Å². The van der Waals surface area contributed by atoms with Crippen LogP contribution in [0.25, 0.3) is 5.65 Å².